The zero-order valence-electron chi connectivity index (χ0n) is 18.4. The second kappa shape index (κ2) is 10.8. The van der Waals surface area contributed by atoms with E-state index < -0.39 is 0 Å². The zero-order chi connectivity index (χ0) is 22.3. The summed E-state index contributed by atoms with van der Waals surface area (Å²) in [7, 11) is 0. The molecule has 2 aromatic carbocycles. The Kier molecular flexibility index (Phi) is 7.65. The number of rotatable bonds is 8. The molecule has 1 saturated heterocycles. The van der Waals surface area contributed by atoms with E-state index in [0.29, 0.717) is 19.0 Å². The molecule has 1 fully saturated rings. The summed E-state index contributed by atoms with van der Waals surface area (Å²) in [6.07, 6.45) is 5.02. The summed E-state index contributed by atoms with van der Waals surface area (Å²) in [6, 6.07) is 14.8. The van der Waals surface area contributed by atoms with Crippen LogP contribution < -0.4 is 10.0 Å². The van der Waals surface area contributed by atoms with Gasteiger partial charge in [0.15, 0.2) is 0 Å². The molecule has 1 aromatic heterocycles. The molecule has 4 rings (SSSR count). The Morgan fingerprint density at radius 2 is 1.91 bits per heavy atom. The molecule has 0 aliphatic carbocycles. The van der Waals surface area contributed by atoms with Crippen molar-refractivity contribution in [2.75, 3.05) is 32.4 Å². The highest BCUT2D eigenvalue weighted by molar-refractivity contribution is 7.97. The van der Waals surface area contributed by atoms with Crippen LogP contribution in [0.1, 0.15) is 24.2 Å². The third-order valence-electron chi connectivity index (χ3n) is 6.07. The van der Waals surface area contributed by atoms with Gasteiger partial charge in [-0.15, -0.1) is 0 Å². The van der Waals surface area contributed by atoms with Gasteiger partial charge in [0.05, 0.1) is 11.0 Å². The largest absolute Gasteiger partial charge is 0.336 e. The van der Waals surface area contributed by atoms with Crippen LogP contribution in [-0.2, 0) is 13.0 Å². The topological polar surface area (TPSA) is 62.2 Å². The number of piperidine rings is 1. The predicted octanol–water partition coefficient (Wildman–Crippen LogP) is 4.06. The summed E-state index contributed by atoms with van der Waals surface area (Å²) in [5.41, 5.74) is 3.21. The van der Waals surface area contributed by atoms with E-state index in [1.807, 2.05) is 30.5 Å². The number of likely N-dealkylation sites (tertiary alicyclic amines) is 1. The number of hydrogen-bond donors (Lipinski definition) is 2. The fourth-order valence-corrected chi connectivity index (χ4v) is 4.62. The summed E-state index contributed by atoms with van der Waals surface area (Å²) < 4.78 is 18.3. The van der Waals surface area contributed by atoms with Gasteiger partial charge in [-0.2, -0.15) is 0 Å². The number of para-hydroxylation sites is 2. The van der Waals surface area contributed by atoms with Gasteiger partial charge in [-0.1, -0.05) is 36.2 Å². The standard InChI is InChI=1S/C24H30FN5OS/c1-32-28-24(31)26-12-15-29-13-10-18(11-14-29)16-23-27-21-4-2-3-5-22(21)30(23)17-19-6-8-20(25)9-7-19/h2-9,18H,10-17H2,1H3,(H2,26,28,31). The molecule has 6 nitrogen and oxygen atoms in total. The van der Waals surface area contributed by atoms with E-state index in [1.165, 1.54) is 24.1 Å². The lowest BCUT2D eigenvalue weighted by Crippen LogP contribution is -2.41. The van der Waals surface area contributed by atoms with Crippen LogP contribution in [0.3, 0.4) is 0 Å². The highest BCUT2D eigenvalue weighted by atomic mass is 32.2. The summed E-state index contributed by atoms with van der Waals surface area (Å²) in [5, 5.41) is 2.88. The number of halogens is 1. The maximum Gasteiger partial charge on any atom is 0.324 e. The number of nitrogens with zero attached hydrogens (tertiary/aromatic N) is 3. The van der Waals surface area contributed by atoms with Crippen LogP contribution >= 0.6 is 11.9 Å². The smallest absolute Gasteiger partial charge is 0.324 e. The third-order valence-corrected chi connectivity index (χ3v) is 6.46. The van der Waals surface area contributed by atoms with Gasteiger partial charge in [-0.25, -0.2) is 14.2 Å². The van der Waals surface area contributed by atoms with Crippen LogP contribution in [0, 0.1) is 11.7 Å². The van der Waals surface area contributed by atoms with Crippen LogP contribution in [0.25, 0.3) is 11.0 Å². The van der Waals surface area contributed by atoms with Gasteiger partial charge in [-0.05, 0) is 61.7 Å². The molecular formula is C24H30FN5OS. The number of imidazole rings is 1. The van der Waals surface area contributed by atoms with Gasteiger partial charge >= 0.3 is 6.03 Å². The average Bonchev–Trinajstić information content (AvgIpc) is 3.13. The molecule has 170 valence electrons. The van der Waals surface area contributed by atoms with Crippen LogP contribution in [0.15, 0.2) is 48.5 Å². The van der Waals surface area contributed by atoms with Crippen LogP contribution in [0.2, 0.25) is 0 Å². The SMILES string of the molecule is CSNC(=O)NCCN1CCC(Cc2nc3ccccc3n2Cc2ccc(F)cc2)CC1. The van der Waals surface area contributed by atoms with Crippen molar-refractivity contribution in [3.05, 3.63) is 65.7 Å². The minimum absolute atomic E-state index is 0.132. The maximum absolute atomic E-state index is 13.3. The first-order valence-corrected chi connectivity index (χ1v) is 12.3. The monoisotopic (exact) mass is 455 g/mol. The summed E-state index contributed by atoms with van der Waals surface area (Å²) in [6.45, 7) is 4.30. The minimum Gasteiger partial charge on any atom is -0.336 e. The number of benzene rings is 2. The number of hydrogen-bond acceptors (Lipinski definition) is 4. The Balaban J connectivity index is 1.37. The summed E-state index contributed by atoms with van der Waals surface area (Å²) in [5.74, 6) is 1.48. The molecule has 0 bridgehead atoms. The van der Waals surface area contributed by atoms with Crippen molar-refractivity contribution in [1.82, 2.24) is 24.5 Å². The lowest BCUT2D eigenvalue weighted by molar-refractivity contribution is 0.182. The van der Waals surface area contributed by atoms with E-state index in [-0.39, 0.29) is 11.8 Å². The molecule has 0 spiro atoms. The molecule has 1 aliphatic rings. The normalized spacial score (nSPS) is 15.2. The fourth-order valence-electron chi connectivity index (χ4n) is 4.36. The molecule has 3 aromatic rings. The van der Waals surface area contributed by atoms with Crippen LogP contribution in [-0.4, -0.2) is 52.9 Å². The lowest BCUT2D eigenvalue weighted by atomic mass is 9.93. The predicted molar refractivity (Wildman–Crippen MR) is 128 cm³/mol. The Bertz CT molecular complexity index is 1030. The number of urea groups is 1. The highest BCUT2D eigenvalue weighted by Gasteiger charge is 2.22. The second-order valence-corrected chi connectivity index (χ2v) is 8.89. The Morgan fingerprint density at radius 3 is 2.66 bits per heavy atom. The van der Waals surface area contributed by atoms with Gasteiger partial charge < -0.3 is 14.8 Å². The molecule has 32 heavy (non-hydrogen) atoms. The van der Waals surface area contributed by atoms with E-state index in [2.05, 4.69) is 31.6 Å². The summed E-state index contributed by atoms with van der Waals surface area (Å²) >= 11 is 1.30. The molecule has 8 heteroatoms. The Hall–Kier alpha value is -2.58. The number of amides is 2. The van der Waals surface area contributed by atoms with Gasteiger partial charge in [0, 0.05) is 32.3 Å². The third kappa shape index (κ3) is 5.81. The minimum atomic E-state index is -0.212. The lowest BCUT2D eigenvalue weighted by Gasteiger charge is -2.31. The molecule has 0 saturated carbocycles. The number of aromatic nitrogens is 2. The molecule has 1 aliphatic heterocycles. The van der Waals surface area contributed by atoms with Crippen LogP contribution in [0.4, 0.5) is 9.18 Å². The van der Waals surface area contributed by atoms with Gasteiger partial charge in [-0.3, -0.25) is 4.72 Å². The van der Waals surface area contributed by atoms with Crippen molar-refractivity contribution in [2.24, 2.45) is 5.92 Å². The average molecular weight is 456 g/mol. The first-order chi connectivity index (χ1) is 15.6. The van der Waals surface area contributed by atoms with Crippen LogP contribution in [0.5, 0.6) is 0 Å². The van der Waals surface area contributed by atoms with E-state index in [1.54, 1.807) is 0 Å². The van der Waals surface area contributed by atoms with Gasteiger partial charge in [0.25, 0.3) is 0 Å². The van der Waals surface area contributed by atoms with Crippen molar-refractivity contribution >= 4 is 29.0 Å². The number of carbonyl (C=O) groups is 1. The van der Waals surface area contributed by atoms with E-state index in [9.17, 15) is 9.18 Å². The molecule has 2 amide bonds. The van der Waals surface area contributed by atoms with E-state index in [0.717, 1.165) is 61.3 Å². The van der Waals surface area contributed by atoms with Crippen molar-refractivity contribution in [3.8, 4) is 0 Å². The van der Waals surface area contributed by atoms with E-state index in [4.69, 9.17) is 4.98 Å². The maximum atomic E-state index is 13.3. The van der Waals surface area contributed by atoms with Gasteiger partial charge in [0.2, 0.25) is 0 Å². The second-order valence-electron chi connectivity index (χ2n) is 8.28. The molecular weight excluding hydrogens is 425 g/mol. The molecule has 0 unspecified atom stereocenters. The Labute approximate surface area is 192 Å². The van der Waals surface area contributed by atoms with E-state index >= 15 is 0 Å². The number of nitrogens with one attached hydrogen (secondary N) is 2. The van der Waals surface area contributed by atoms with Crippen molar-refractivity contribution < 1.29 is 9.18 Å². The highest BCUT2D eigenvalue weighted by Crippen LogP contribution is 2.25. The fraction of sp³-hybridized carbons (Fsp3) is 0.417. The summed E-state index contributed by atoms with van der Waals surface area (Å²) in [4.78, 5) is 18.9. The van der Waals surface area contributed by atoms with Crippen molar-refractivity contribution in [3.63, 3.8) is 0 Å². The number of carbonyl (C=O) groups excluding carboxylic acids is 1. The molecule has 0 atom stereocenters. The molecule has 2 heterocycles. The Morgan fingerprint density at radius 1 is 1.16 bits per heavy atom. The molecule has 0 radical (unpaired) electrons. The zero-order valence-corrected chi connectivity index (χ0v) is 19.2. The van der Waals surface area contributed by atoms with Crippen molar-refractivity contribution in [2.45, 2.75) is 25.8 Å². The first-order valence-electron chi connectivity index (χ1n) is 11.1. The molecule has 2 N–H and O–H groups in total. The quantitative estimate of drug-likeness (QED) is 0.503. The first kappa shape index (κ1) is 22.6. The van der Waals surface area contributed by atoms with Crippen molar-refractivity contribution in [1.29, 1.82) is 0 Å². The number of fused-ring (bicyclic) bond motifs is 1. The van der Waals surface area contributed by atoms with Gasteiger partial charge in [0.1, 0.15) is 11.6 Å².